The minimum absolute atomic E-state index is 0.0582. The summed E-state index contributed by atoms with van der Waals surface area (Å²) in [6.45, 7) is 2.29. The van der Waals surface area contributed by atoms with Crippen molar-refractivity contribution in [1.29, 1.82) is 0 Å². The van der Waals surface area contributed by atoms with Gasteiger partial charge in [0.15, 0.2) is 0 Å². The van der Waals surface area contributed by atoms with E-state index in [4.69, 9.17) is 14.7 Å². The molecule has 0 bridgehead atoms. The monoisotopic (exact) mass is 899 g/mol. The molecule has 3 atom stereocenters. The van der Waals surface area contributed by atoms with Crippen molar-refractivity contribution in [2.24, 2.45) is 0 Å². The Morgan fingerprint density at radius 1 is 0.529 bits per heavy atom. The van der Waals surface area contributed by atoms with Gasteiger partial charge in [-0.25, -0.2) is 9.97 Å². The molecule has 14 rings (SSSR count). The van der Waals surface area contributed by atoms with Crippen LogP contribution in [0.5, 0.6) is 5.75 Å². The van der Waals surface area contributed by atoms with E-state index in [0.717, 1.165) is 51.5 Å². The minimum Gasteiger partial charge on any atom is -0.461 e. The van der Waals surface area contributed by atoms with E-state index in [0.29, 0.717) is 5.92 Å². The first-order valence-electron chi connectivity index (χ1n) is 24.9. The zero-order valence-corrected chi connectivity index (χ0v) is 39.0. The molecule has 3 unspecified atom stereocenters. The molecule has 334 valence electrons. The molecule has 3 heterocycles. The number of ether oxygens (including phenoxy) is 1. The predicted octanol–water partition coefficient (Wildman–Crippen LogP) is 17.0. The molecule has 10 aromatic rings. The van der Waals surface area contributed by atoms with Crippen LogP contribution in [0.3, 0.4) is 0 Å². The predicted molar refractivity (Wildman–Crippen MR) is 288 cm³/mol. The highest BCUT2D eigenvalue weighted by Crippen LogP contribution is 2.53. The number of rotatable bonds is 8. The van der Waals surface area contributed by atoms with Gasteiger partial charge < -0.3 is 9.30 Å². The zero-order chi connectivity index (χ0) is 46.3. The summed E-state index contributed by atoms with van der Waals surface area (Å²) in [5.41, 5.74) is 19.5. The SMILES string of the molecule is Cc1c(-c2ccc(-c3nc(C4C=CC=C5Oc6ccc(-c7ccc8c(c7)c7ccccc7n8C7C=CC=CC7)cc6C54)nc4ccccc34)cc2)cccc1-c1cccc(-c2ccccc2)c1C1CC1. The van der Waals surface area contributed by atoms with Gasteiger partial charge in [0.05, 0.1) is 29.1 Å². The molecule has 4 nitrogen and oxygen atoms in total. The van der Waals surface area contributed by atoms with Gasteiger partial charge in [-0.2, -0.15) is 0 Å². The summed E-state index contributed by atoms with van der Waals surface area (Å²) in [6, 6.07) is 64.8. The second-order valence-electron chi connectivity index (χ2n) is 19.5. The van der Waals surface area contributed by atoms with Crippen LogP contribution in [0.15, 0.2) is 224 Å². The van der Waals surface area contributed by atoms with E-state index in [1.807, 2.05) is 0 Å². The molecule has 8 aromatic carbocycles. The fourth-order valence-electron chi connectivity index (χ4n) is 11.8. The molecular formula is C66H49N3O. The number of allylic oxidation sites excluding steroid dienone is 8. The lowest BCUT2D eigenvalue weighted by Crippen LogP contribution is -2.15. The number of hydrogen-bond donors (Lipinski definition) is 0. The highest BCUT2D eigenvalue weighted by molar-refractivity contribution is 6.09. The molecule has 3 aliphatic carbocycles. The van der Waals surface area contributed by atoms with Gasteiger partial charge in [0.25, 0.3) is 0 Å². The van der Waals surface area contributed by atoms with Gasteiger partial charge >= 0.3 is 0 Å². The van der Waals surface area contributed by atoms with Gasteiger partial charge in [0.1, 0.15) is 17.3 Å². The Bertz CT molecular complexity index is 3870. The van der Waals surface area contributed by atoms with Crippen molar-refractivity contribution >= 4 is 32.7 Å². The molecule has 0 spiro atoms. The smallest absolute Gasteiger partial charge is 0.137 e. The minimum atomic E-state index is -0.122. The number of para-hydroxylation sites is 2. The summed E-state index contributed by atoms with van der Waals surface area (Å²) in [5, 5.41) is 3.59. The summed E-state index contributed by atoms with van der Waals surface area (Å²) in [5.74, 6) is 3.04. The summed E-state index contributed by atoms with van der Waals surface area (Å²) >= 11 is 0. The molecular weight excluding hydrogens is 851 g/mol. The Morgan fingerprint density at radius 2 is 1.23 bits per heavy atom. The normalized spacial score (nSPS) is 18.0. The summed E-state index contributed by atoms with van der Waals surface area (Å²) in [6.07, 6.45) is 18.9. The van der Waals surface area contributed by atoms with Gasteiger partial charge in [-0.3, -0.25) is 0 Å². The standard InChI is InChI=1S/C66H49N3O/c1-41-49(21-12-22-50(41)53-24-13-23-51(63(53)44-31-32-44)42-15-4-2-5-16-42)43-29-33-45(34-30-43)65-54-20-8-10-26-58(54)67-66(68-65)55-25-14-28-62-64(55)57-40-47(36-38-61(57)70-62)46-35-37-60-56(39-46)52-19-9-11-27-59(52)69(60)48-17-6-3-7-18-48/h2-17,19-30,33-40,44,48,55,64H,18,31-32H2,1H3. The topological polar surface area (TPSA) is 39.9 Å². The van der Waals surface area contributed by atoms with E-state index in [9.17, 15) is 0 Å². The maximum absolute atomic E-state index is 6.64. The summed E-state index contributed by atoms with van der Waals surface area (Å²) < 4.78 is 9.15. The zero-order valence-electron chi connectivity index (χ0n) is 39.0. The van der Waals surface area contributed by atoms with Crippen LogP contribution < -0.4 is 4.74 Å². The van der Waals surface area contributed by atoms with Crippen molar-refractivity contribution in [1.82, 2.24) is 14.5 Å². The fourth-order valence-corrected chi connectivity index (χ4v) is 11.8. The number of aromatic nitrogens is 3. The van der Waals surface area contributed by atoms with Crippen LogP contribution in [0.4, 0.5) is 0 Å². The molecule has 4 aliphatic rings. The number of fused-ring (bicyclic) bond motifs is 7. The van der Waals surface area contributed by atoms with Crippen molar-refractivity contribution in [3.63, 3.8) is 0 Å². The number of benzene rings is 8. The van der Waals surface area contributed by atoms with Crippen LogP contribution in [0.1, 0.15) is 65.6 Å². The fraction of sp³-hybridized carbons (Fsp3) is 0.121. The van der Waals surface area contributed by atoms with E-state index in [1.54, 1.807) is 0 Å². The van der Waals surface area contributed by atoms with Gasteiger partial charge in [-0.15, -0.1) is 0 Å². The average molecular weight is 900 g/mol. The van der Waals surface area contributed by atoms with Gasteiger partial charge in [-0.05, 0) is 130 Å². The molecule has 70 heavy (non-hydrogen) atoms. The van der Waals surface area contributed by atoms with Crippen molar-refractivity contribution < 1.29 is 4.74 Å². The summed E-state index contributed by atoms with van der Waals surface area (Å²) in [7, 11) is 0. The lowest BCUT2D eigenvalue weighted by atomic mass is 9.81. The number of hydrogen-bond acceptors (Lipinski definition) is 3. The van der Waals surface area contributed by atoms with E-state index < -0.39 is 0 Å². The second kappa shape index (κ2) is 16.4. The lowest BCUT2D eigenvalue weighted by Gasteiger charge is -2.23. The Balaban J connectivity index is 0.809. The first-order chi connectivity index (χ1) is 34.6. The maximum Gasteiger partial charge on any atom is 0.137 e. The van der Waals surface area contributed by atoms with Crippen LogP contribution in [0, 0.1) is 6.92 Å². The Hall–Kier alpha value is -8.34. The highest BCUT2D eigenvalue weighted by Gasteiger charge is 2.39. The molecule has 2 aromatic heterocycles. The largest absolute Gasteiger partial charge is 0.461 e. The molecule has 4 heteroatoms. The Kier molecular flexibility index (Phi) is 9.55. The third kappa shape index (κ3) is 6.73. The van der Waals surface area contributed by atoms with Crippen LogP contribution in [-0.2, 0) is 0 Å². The van der Waals surface area contributed by atoms with E-state index >= 15 is 0 Å². The summed E-state index contributed by atoms with van der Waals surface area (Å²) in [4.78, 5) is 10.8. The van der Waals surface area contributed by atoms with Gasteiger partial charge in [0.2, 0.25) is 0 Å². The van der Waals surface area contributed by atoms with E-state index in [-0.39, 0.29) is 17.9 Å². The molecule has 1 fully saturated rings. The third-order valence-electron chi connectivity index (χ3n) is 15.3. The van der Waals surface area contributed by atoms with E-state index in [1.165, 1.54) is 90.3 Å². The molecule has 0 radical (unpaired) electrons. The first-order valence-corrected chi connectivity index (χ1v) is 24.9. The quantitative estimate of drug-likeness (QED) is 0.153. The number of nitrogens with zero attached hydrogens (tertiary/aromatic N) is 3. The lowest BCUT2D eigenvalue weighted by molar-refractivity contribution is 0.414. The third-order valence-corrected chi connectivity index (χ3v) is 15.3. The average Bonchev–Trinajstić information content (AvgIpc) is 4.12. The first kappa shape index (κ1) is 40.7. The second-order valence-corrected chi connectivity index (χ2v) is 19.5. The van der Waals surface area contributed by atoms with Crippen molar-refractivity contribution in [3.8, 4) is 61.5 Å². The van der Waals surface area contributed by atoms with Crippen LogP contribution in [0.25, 0.3) is 88.5 Å². The van der Waals surface area contributed by atoms with Crippen LogP contribution in [-0.4, -0.2) is 14.5 Å². The van der Waals surface area contributed by atoms with Crippen LogP contribution in [0.2, 0.25) is 0 Å². The Morgan fingerprint density at radius 3 is 2.07 bits per heavy atom. The maximum atomic E-state index is 6.64. The molecule has 0 amide bonds. The Labute approximate surface area is 408 Å². The molecule has 0 N–H and O–H groups in total. The highest BCUT2D eigenvalue weighted by atomic mass is 16.5. The van der Waals surface area contributed by atoms with Crippen molar-refractivity contribution in [2.75, 3.05) is 0 Å². The van der Waals surface area contributed by atoms with Crippen LogP contribution >= 0.6 is 0 Å². The van der Waals surface area contributed by atoms with E-state index in [2.05, 4.69) is 230 Å². The van der Waals surface area contributed by atoms with Gasteiger partial charge in [-0.1, -0.05) is 176 Å². The molecule has 1 aliphatic heterocycles. The molecule has 1 saturated carbocycles. The van der Waals surface area contributed by atoms with Crippen molar-refractivity contribution in [2.45, 2.75) is 50.0 Å². The van der Waals surface area contributed by atoms with Crippen molar-refractivity contribution in [3.05, 3.63) is 247 Å². The van der Waals surface area contributed by atoms with Gasteiger partial charge in [0, 0.05) is 38.3 Å². The molecule has 0 saturated heterocycles.